The molecule has 0 radical (unpaired) electrons. The van der Waals surface area contributed by atoms with Crippen molar-refractivity contribution in [1.29, 1.82) is 0 Å². The summed E-state index contributed by atoms with van der Waals surface area (Å²) in [5, 5.41) is 0. The summed E-state index contributed by atoms with van der Waals surface area (Å²) in [5.74, 6) is 0. The number of rotatable bonds is 2. The summed E-state index contributed by atoms with van der Waals surface area (Å²) in [4.78, 5) is 6.99. The Labute approximate surface area is 61.7 Å². The number of hydrogen-bond acceptors (Lipinski definition) is 1. The second kappa shape index (κ2) is 15.7. The van der Waals surface area contributed by atoms with Gasteiger partial charge in [-0.15, -0.1) is 9.10 Å². The van der Waals surface area contributed by atoms with Gasteiger partial charge in [-0.3, -0.25) is 0 Å². The molecule has 8 heavy (non-hydrogen) atoms. The van der Waals surface area contributed by atoms with Gasteiger partial charge >= 0.3 is 29.1 Å². The molecule has 0 atom stereocenters. The fraction of sp³-hybridized carbons (Fsp3) is 1.00. The third-order valence-corrected chi connectivity index (χ3v) is 2.12. The Morgan fingerprint density at radius 1 is 1.50 bits per heavy atom. The first kappa shape index (κ1) is 11.6. The fourth-order valence-corrected chi connectivity index (χ4v) is 1.06. The quantitative estimate of drug-likeness (QED) is 0.476. The highest BCUT2D eigenvalue weighted by molar-refractivity contribution is 7.16. The van der Waals surface area contributed by atoms with Crippen LogP contribution < -0.4 is 0 Å². The molecule has 0 aromatic carbocycles. The van der Waals surface area contributed by atoms with Crippen LogP contribution in [-0.4, -0.2) is 25.3 Å². The molecule has 2 nitrogen and oxygen atoms in total. The first-order chi connectivity index (χ1) is 3.83. The second-order valence-electron chi connectivity index (χ2n) is 1.44. The van der Waals surface area contributed by atoms with Crippen LogP contribution in [0.3, 0.4) is 0 Å². The topological polar surface area (TPSA) is 37.3 Å². The Morgan fingerprint density at radius 3 is 1.75 bits per heavy atom. The minimum Gasteiger partial charge on any atom is -0.310 e. The Hall–Kier alpha value is 0.826. The zero-order valence-electron chi connectivity index (χ0n) is 5.42. The molecule has 0 heterocycles. The van der Waals surface area contributed by atoms with Gasteiger partial charge in [-0.25, -0.2) is 4.57 Å². The van der Waals surface area contributed by atoms with Crippen molar-refractivity contribution in [3.8, 4) is 0 Å². The molecule has 1 N–H and O–H groups in total. The van der Waals surface area contributed by atoms with Gasteiger partial charge in [0.2, 0.25) is 0 Å². The predicted octanol–water partition coefficient (Wildman–Crippen LogP) is 1.75. The molecule has 46 valence electrons. The highest BCUT2D eigenvalue weighted by Gasteiger charge is 1.79. The molecule has 4 heteroatoms. The maximum atomic E-state index is 8.46. The summed E-state index contributed by atoms with van der Waals surface area (Å²) in [6, 6.07) is 0. The standard InChI is InChI=1S/2C2H5.Mg.HO2P/c2*1-2;;1-3-2/h2*1H2,2H3;;(H,1,2). The van der Waals surface area contributed by atoms with Gasteiger partial charge in [0.05, 0.1) is 0 Å². The predicted molar refractivity (Wildman–Crippen MR) is 36.5 cm³/mol. The molecule has 0 unspecified atom stereocenters. The summed E-state index contributed by atoms with van der Waals surface area (Å²) in [6.07, 6.45) is 0. The Balaban J connectivity index is 0. The Bertz CT molecular complexity index is 41.0. The van der Waals surface area contributed by atoms with Crippen molar-refractivity contribution in [1.82, 2.24) is 0 Å². The molecule has 0 fully saturated rings. The summed E-state index contributed by atoms with van der Waals surface area (Å²) in [7, 11) is -0.833. The second-order valence-corrected chi connectivity index (χ2v) is 4.31. The van der Waals surface area contributed by atoms with Crippen LogP contribution in [-0.2, 0) is 4.57 Å². The zero-order chi connectivity index (χ0) is 6.83. The van der Waals surface area contributed by atoms with Crippen molar-refractivity contribution in [2.24, 2.45) is 0 Å². The highest BCUT2D eigenvalue weighted by atomic mass is 31.1. The van der Waals surface area contributed by atoms with Gasteiger partial charge < -0.3 is 4.89 Å². The van der Waals surface area contributed by atoms with Crippen LogP contribution in [0.5, 0.6) is 0 Å². The van der Waals surface area contributed by atoms with Crippen molar-refractivity contribution in [2.75, 3.05) is 0 Å². The summed E-state index contributed by atoms with van der Waals surface area (Å²) in [5.41, 5.74) is 0. The van der Waals surface area contributed by atoms with Gasteiger partial charge in [-0.05, 0) is 0 Å². The zero-order valence-corrected chi connectivity index (χ0v) is 7.73. The monoisotopic (exact) mass is 146 g/mol. The molecule has 0 aliphatic carbocycles. The Morgan fingerprint density at radius 2 is 1.75 bits per heavy atom. The average Bonchev–Trinajstić information content (AvgIpc) is 1.71. The van der Waals surface area contributed by atoms with E-state index < -0.39 is 8.69 Å². The first-order valence-corrected chi connectivity index (χ1v) is 5.56. The van der Waals surface area contributed by atoms with Crippen LogP contribution in [0, 0.1) is 0 Å². The maximum Gasteiger partial charge on any atom is 0.363 e. The van der Waals surface area contributed by atoms with Gasteiger partial charge in [0.15, 0.2) is 0 Å². The van der Waals surface area contributed by atoms with Crippen LogP contribution in [0.15, 0.2) is 0 Å². The van der Waals surface area contributed by atoms with E-state index in [4.69, 9.17) is 9.46 Å². The largest absolute Gasteiger partial charge is 0.363 e. The third kappa shape index (κ3) is 29.0. The highest BCUT2D eigenvalue weighted by Crippen LogP contribution is 1.77. The summed E-state index contributed by atoms with van der Waals surface area (Å²) < 4.78 is 11.4. The van der Waals surface area contributed by atoms with E-state index in [0.717, 1.165) is 0 Å². The normalized spacial score (nSPS) is 6.88. The lowest BCUT2D eigenvalue weighted by atomic mass is 10.9. The smallest absolute Gasteiger partial charge is 0.310 e. The van der Waals surface area contributed by atoms with Crippen LogP contribution in [0.25, 0.3) is 0 Å². The molecule has 0 aliphatic rings. The van der Waals surface area contributed by atoms with Crippen molar-refractivity contribution < 1.29 is 9.46 Å². The lowest BCUT2D eigenvalue weighted by molar-refractivity contribution is 0.524. The fourth-order valence-electron chi connectivity index (χ4n) is 0.354. The van der Waals surface area contributed by atoms with Gasteiger partial charge in [0.25, 0.3) is 0 Å². The summed E-state index contributed by atoms with van der Waals surface area (Å²) in [6.45, 7) is 4.55. The van der Waals surface area contributed by atoms with E-state index in [1.807, 2.05) is 0 Å². The molecule has 0 aliphatic heterocycles. The first-order valence-electron chi connectivity index (χ1n) is 2.80. The van der Waals surface area contributed by atoms with E-state index in [9.17, 15) is 0 Å². The minimum absolute atomic E-state index is 0.432. The minimum atomic E-state index is -0.833. The van der Waals surface area contributed by atoms with Gasteiger partial charge in [-0.1, -0.05) is 13.8 Å². The molecule has 0 saturated heterocycles. The molecular weight excluding hydrogens is 135 g/mol. The number of hydrogen-bond donors (Lipinski definition) is 1. The van der Waals surface area contributed by atoms with Gasteiger partial charge in [0.1, 0.15) is 0 Å². The lowest BCUT2D eigenvalue weighted by Crippen LogP contribution is -1.76. The molecular formula is C4H11MgO2P. The van der Waals surface area contributed by atoms with E-state index in [2.05, 4.69) is 13.8 Å². The summed E-state index contributed by atoms with van der Waals surface area (Å²) >= 11 is 0.432. The van der Waals surface area contributed by atoms with Gasteiger partial charge in [-0.2, -0.15) is 0 Å². The molecule has 0 aromatic rings. The molecule has 0 amide bonds. The van der Waals surface area contributed by atoms with E-state index in [1.54, 1.807) is 0 Å². The average molecular weight is 146 g/mol. The maximum absolute atomic E-state index is 8.46. The van der Waals surface area contributed by atoms with Crippen LogP contribution >= 0.6 is 8.69 Å². The van der Waals surface area contributed by atoms with E-state index >= 15 is 0 Å². The molecule has 0 aromatic heterocycles. The van der Waals surface area contributed by atoms with Crippen LogP contribution in [0.4, 0.5) is 0 Å². The van der Waals surface area contributed by atoms with Crippen LogP contribution in [0.2, 0.25) is 9.10 Å². The third-order valence-electron chi connectivity index (χ3n) is 0.707. The van der Waals surface area contributed by atoms with Crippen molar-refractivity contribution in [3.05, 3.63) is 0 Å². The van der Waals surface area contributed by atoms with Gasteiger partial charge in [0, 0.05) is 0 Å². The molecule has 0 saturated carbocycles. The van der Waals surface area contributed by atoms with E-state index in [0.29, 0.717) is 20.4 Å². The van der Waals surface area contributed by atoms with Crippen molar-refractivity contribution in [2.45, 2.75) is 22.9 Å². The van der Waals surface area contributed by atoms with Crippen LogP contribution in [0.1, 0.15) is 13.8 Å². The van der Waals surface area contributed by atoms with Crippen molar-refractivity contribution in [3.63, 3.8) is 0 Å². The van der Waals surface area contributed by atoms with E-state index in [1.165, 1.54) is 9.10 Å². The molecule has 0 spiro atoms. The van der Waals surface area contributed by atoms with Crippen molar-refractivity contribution >= 4 is 29.1 Å². The molecule has 0 rings (SSSR count). The SMILES string of the molecule is C[CH2][Mg][CH2]C.O=PO. The van der Waals surface area contributed by atoms with E-state index in [-0.39, 0.29) is 0 Å². The Kier molecular flexibility index (Phi) is 22.7. The lowest BCUT2D eigenvalue weighted by Gasteiger charge is -1.72. The molecule has 0 bridgehead atoms.